The summed E-state index contributed by atoms with van der Waals surface area (Å²) in [4.78, 5) is 24.0. The molecule has 6 heteroatoms. The normalized spacial score (nSPS) is 10.6. The van der Waals surface area contributed by atoms with Crippen LogP contribution in [0.4, 0.5) is 0 Å². The van der Waals surface area contributed by atoms with Gasteiger partial charge in [0, 0.05) is 48.0 Å². The molecule has 0 unspecified atom stereocenters. The van der Waals surface area contributed by atoms with Gasteiger partial charge in [0.05, 0.1) is 5.69 Å². The van der Waals surface area contributed by atoms with Crippen LogP contribution in [-0.4, -0.2) is 23.4 Å². The number of ketones is 1. The fourth-order valence-corrected chi connectivity index (χ4v) is 2.81. The lowest BCUT2D eigenvalue weighted by Crippen LogP contribution is -2.26. The van der Waals surface area contributed by atoms with Crippen LogP contribution in [-0.2, 0) is 11.2 Å². The lowest BCUT2D eigenvalue weighted by Gasteiger charge is -2.04. The van der Waals surface area contributed by atoms with E-state index >= 15 is 0 Å². The van der Waals surface area contributed by atoms with Gasteiger partial charge in [-0.3, -0.25) is 9.59 Å². The van der Waals surface area contributed by atoms with Crippen LogP contribution in [0.15, 0.2) is 65.2 Å². The Balaban J connectivity index is 1.41. The number of rotatable bonds is 8. The molecular formula is C21H19ClN2O3. The van der Waals surface area contributed by atoms with Gasteiger partial charge in [-0.25, -0.2) is 0 Å². The highest BCUT2D eigenvalue weighted by Gasteiger charge is 2.10. The highest BCUT2D eigenvalue weighted by atomic mass is 35.5. The summed E-state index contributed by atoms with van der Waals surface area (Å²) >= 11 is 5.87. The van der Waals surface area contributed by atoms with Crippen LogP contribution in [0.5, 0.6) is 0 Å². The van der Waals surface area contributed by atoms with Gasteiger partial charge in [-0.2, -0.15) is 0 Å². The third-order valence-corrected chi connectivity index (χ3v) is 4.28. The van der Waals surface area contributed by atoms with Crippen LogP contribution in [0.3, 0.4) is 0 Å². The molecule has 0 atom stereocenters. The van der Waals surface area contributed by atoms with E-state index in [1.54, 1.807) is 24.3 Å². The van der Waals surface area contributed by atoms with Gasteiger partial charge in [0.15, 0.2) is 11.5 Å². The van der Waals surface area contributed by atoms with Gasteiger partial charge in [0.2, 0.25) is 5.91 Å². The van der Waals surface area contributed by atoms with Crippen LogP contribution in [0, 0.1) is 0 Å². The molecule has 0 aliphatic carbocycles. The Morgan fingerprint density at radius 2 is 1.81 bits per heavy atom. The van der Waals surface area contributed by atoms with E-state index in [9.17, 15) is 9.59 Å². The first-order valence-corrected chi connectivity index (χ1v) is 9.06. The fourth-order valence-electron chi connectivity index (χ4n) is 2.62. The number of hydrogen-bond donors (Lipinski definition) is 1. The van der Waals surface area contributed by atoms with Crippen molar-refractivity contribution in [3.63, 3.8) is 0 Å². The molecule has 1 aromatic heterocycles. The van der Waals surface area contributed by atoms with Gasteiger partial charge >= 0.3 is 0 Å². The van der Waals surface area contributed by atoms with Gasteiger partial charge in [-0.05, 0) is 12.1 Å². The Labute approximate surface area is 162 Å². The molecule has 0 aliphatic heterocycles. The minimum absolute atomic E-state index is 0.100. The second-order valence-corrected chi connectivity index (χ2v) is 6.52. The second kappa shape index (κ2) is 9.14. The minimum Gasteiger partial charge on any atom is -0.356 e. The summed E-state index contributed by atoms with van der Waals surface area (Å²) in [5.41, 5.74) is 2.25. The number of nitrogens with zero attached hydrogens (tertiary/aromatic N) is 1. The molecule has 0 spiro atoms. The van der Waals surface area contributed by atoms with E-state index in [1.165, 1.54) is 0 Å². The first-order chi connectivity index (χ1) is 13.1. The van der Waals surface area contributed by atoms with E-state index in [0.29, 0.717) is 29.3 Å². The Morgan fingerprint density at radius 3 is 2.59 bits per heavy atom. The van der Waals surface area contributed by atoms with Gasteiger partial charge in [-0.15, -0.1) is 0 Å². The van der Waals surface area contributed by atoms with Crippen molar-refractivity contribution in [2.45, 2.75) is 19.3 Å². The van der Waals surface area contributed by atoms with Crippen LogP contribution in [0.25, 0.3) is 11.3 Å². The zero-order valence-corrected chi connectivity index (χ0v) is 15.4. The molecule has 0 aliphatic rings. The number of benzene rings is 2. The maximum atomic E-state index is 12.1. The van der Waals surface area contributed by atoms with E-state index in [4.69, 9.17) is 16.1 Å². The molecule has 27 heavy (non-hydrogen) atoms. The maximum absolute atomic E-state index is 12.1. The molecule has 1 amide bonds. The average Bonchev–Trinajstić information content (AvgIpc) is 3.16. The average molecular weight is 383 g/mol. The van der Waals surface area contributed by atoms with E-state index in [-0.39, 0.29) is 24.5 Å². The summed E-state index contributed by atoms with van der Waals surface area (Å²) in [6.07, 6.45) is 0.845. The van der Waals surface area contributed by atoms with Gasteiger partial charge in [0.25, 0.3) is 0 Å². The quantitative estimate of drug-likeness (QED) is 0.589. The number of carbonyl (C=O) groups excluding carboxylic acids is 2. The molecule has 5 nitrogen and oxygen atoms in total. The Morgan fingerprint density at radius 1 is 1.00 bits per heavy atom. The molecule has 3 rings (SSSR count). The van der Waals surface area contributed by atoms with Crippen LogP contribution >= 0.6 is 11.6 Å². The predicted molar refractivity (Wildman–Crippen MR) is 104 cm³/mol. The zero-order chi connectivity index (χ0) is 19.1. The smallest absolute Gasteiger partial charge is 0.220 e. The molecule has 0 radical (unpaired) electrons. The molecule has 1 N–H and O–H groups in total. The minimum atomic E-state index is -0.169. The molecular weight excluding hydrogens is 364 g/mol. The summed E-state index contributed by atoms with van der Waals surface area (Å²) in [7, 11) is 0. The molecule has 0 fully saturated rings. The van der Waals surface area contributed by atoms with Crippen molar-refractivity contribution in [3.8, 4) is 11.3 Å². The number of hydrogen-bond acceptors (Lipinski definition) is 4. The lowest BCUT2D eigenvalue weighted by molar-refractivity contribution is -0.121. The molecule has 1 heterocycles. The van der Waals surface area contributed by atoms with Crippen LogP contribution in [0.1, 0.15) is 28.9 Å². The molecule has 0 bridgehead atoms. The topological polar surface area (TPSA) is 72.2 Å². The number of nitrogens with one attached hydrogen (secondary N) is 1. The summed E-state index contributed by atoms with van der Waals surface area (Å²) < 4.78 is 5.33. The zero-order valence-electron chi connectivity index (χ0n) is 14.7. The van der Waals surface area contributed by atoms with Crippen LogP contribution in [0.2, 0.25) is 5.02 Å². The van der Waals surface area contributed by atoms with Crippen molar-refractivity contribution in [1.82, 2.24) is 10.5 Å². The Hall–Kier alpha value is -2.92. The lowest BCUT2D eigenvalue weighted by atomic mass is 10.1. The van der Waals surface area contributed by atoms with E-state index < -0.39 is 0 Å². The summed E-state index contributed by atoms with van der Waals surface area (Å²) in [6.45, 7) is 0.435. The molecule has 3 aromatic rings. The fraction of sp³-hybridized carbons (Fsp3) is 0.190. The molecule has 2 aromatic carbocycles. The van der Waals surface area contributed by atoms with E-state index in [0.717, 1.165) is 11.3 Å². The molecule has 0 saturated heterocycles. The van der Waals surface area contributed by atoms with Crippen molar-refractivity contribution >= 4 is 23.3 Å². The first-order valence-electron chi connectivity index (χ1n) is 8.68. The van der Waals surface area contributed by atoms with Crippen molar-refractivity contribution in [2.24, 2.45) is 0 Å². The first kappa shape index (κ1) is 18.9. The van der Waals surface area contributed by atoms with E-state index in [2.05, 4.69) is 10.5 Å². The summed E-state index contributed by atoms with van der Waals surface area (Å²) in [5, 5.41) is 7.33. The Kier molecular flexibility index (Phi) is 6.39. The largest absolute Gasteiger partial charge is 0.356 e. The van der Waals surface area contributed by atoms with E-state index in [1.807, 2.05) is 36.4 Å². The summed E-state index contributed by atoms with van der Waals surface area (Å²) in [5.74, 6) is 0.429. The predicted octanol–water partition coefficient (Wildman–Crippen LogP) is 4.32. The van der Waals surface area contributed by atoms with Crippen molar-refractivity contribution in [2.75, 3.05) is 6.54 Å². The maximum Gasteiger partial charge on any atom is 0.220 e. The highest BCUT2D eigenvalue weighted by molar-refractivity contribution is 6.31. The molecule has 138 valence electrons. The highest BCUT2D eigenvalue weighted by Crippen LogP contribution is 2.19. The van der Waals surface area contributed by atoms with Gasteiger partial charge < -0.3 is 9.84 Å². The third kappa shape index (κ3) is 5.53. The standard InChI is InChI=1S/C21H19ClN2O3/c22-17-8-4-7-16(13-17)19(25)9-10-21(26)23-12-11-18-14-20(27-24-18)15-5-2-1-3-6-15/h1-8,13-14H,9-12H2,(H,23,26). The van der Waals surface area contributed by atoms with Crippen molar-refractivity contribution in [3.05, 3.63) is 76.9 Å². The number of halogens is 1. The Bertz CT molecular complexity index is 922. The SMILES string of the molecule is O=C(CCC(=O)c1cccc(Cl)c1)NCCc1cc(-c2ccccc2)on1. The monoisotopic (exact) mass is 382 g/mol. The van der Waals surface area contributed by atoms with Crippen molar-refractivity contribution in [1.29, 1.82) is 0 Å². The number of Topliss-reactive ketones (excluding diaryl/α,β-unsaturated/α-hetero) is 1. The number of aromatic nitrogens is 1. The van der Waals surface area contributed by atoms with Gasteiger partial charge in [-0.1, -0.05) is 59.2 Å². The van der Waals surface area contributed by atoms with Crippen LogP contribution < -0.4 is 5.32 Å². The summed E-state index contributed by atoms with van der Waals surface area (Å²) in [6, 6.07) is 18.3. The molecule has 0 saturated carbocycles. The number of carbonyl (C=O) groups is 2. The second-order valence-electron chi connectivity index (χ2n) is 6.08. The van der Waals surface area contributed by atoms with Crippen molar-refractivity contribution < 1.29 is 14.1 Å². The number of amides is 1. The third-order valence-electron chi connectivity index (χ3n) is 4.05. The van der Waals surface area contributed by atoms with Gasteiger partial charge in [0.1, 0.15) is 0 Å².